The van der Waals surface area contributed by atoms with Crippen LogP contribution in [0.3, 0.4) is 0 Å². The van der Waals surface area contributed by atoms with Crippen molar-refractivity contribution in [3.63, 3.8) is 0 Å². The quantitative estimate of drug-likeness (QED) is 0.405. The van der Waals surface area contributed by atoms with Crippen molar-refractivity contribution in [2.45, 2.75) is 13.3 Å². The summed E-state index contributed by atoms with van der Waals surface area (Å²) in [6.45, 7) is 3.32. The van der Waals surface area contributed by atoms with Crippen LogP contribution in [0.1, 0.15) is 23.6 Å². The summed E-state index contributed by atoms with van der Waals surface area (Å²) in [5.74, 6) is -0.316. The Hall–Kier alpha value is -2.46. The van der Waals surface area contributed by atoms with Crippen molar-refractivity contribution in [1.29, 1.82) is 0 Å². The Morgan fingerprint density at radius 2 is 1.84 bits per heavy atom. The Morgan fingerprint density at radius 1 is 1.12 bits per heavy atom. The van der Waals surface area contributed by atoms with Crippen LogP contribution in [0.4, 0.5) is 4.39 Å². The van der Waals surface area contributed by atoms with Crippen molar-refractivity contribution in [3.05, 3.63) is 77.1 Å². The van der Waals surface area contributed by atoms with Crippen LogP contribution in [0.2, 0.25) is 0 Å². The fourth-order valence-corrected chi connectivity index (χ4v) is 2.22. The van der Waals surface area contributed by atoms with Gasteiger partial charge in [0.15, 0.2) is 0 Å². The molecule has 0 radical (unpaired) electrons. The molecule has 0 atom stereocenters. The van der Waals surface area contributed by atoms with E-state index >= 15 is 0 Å². The molecule has 0 aromatic heterocycles. The molecule has 0 aliphatic heterocycles. The van der Waals surface area contributed by atoms with Crippen molar-refractivity contribution in [2.24, 2.45) is 5.16 Å². The number of rotatable bonds is 8. The lowest BCUT2D eigenvalue weighted by atomic mass is 10.1. The van der Waals surface area contributed by atoms with Gasteiger partial charge < -0.3 is 9.74 Å². The molecular formula is C21H25FN2O. The second-order valence-electron chi connectivity index (χ2n) is 6.02. The molecule has 3 nitrogen and oxygen atoms in total. The average Bonchev–Trinajstić information content (AvgIpc) is 2.62. The third-order valence-corrected chi connectivity index (χ3v) is 3.76. The third-order valence-electron chi connectivity index (χ3n) is 3.76. The summed E-state index contributed by atoms with van der Waals surface area (Å²) < 4.78 is 14.1. The minimum absolute atomic E-state index is 0.316. The number of likely N-dealkylation sites (N-methyl/N-ethyl adjacent to an activating group) is 1. The number of aryl methyl sites for hydroxylation is 1. The number of nitrogens with zero attached hydrogens (tertiary/aromatic N) is 2. The predicted molar refractivity (Wildman–Crippen MR) is 102 cm³/mol. The smallest absolute Gasteiger partial charge is 0.132 e. The van der Waals surface area contributed by atoms with Crippen molar-refractivity contribution in [1.82, 2.24) is 4.90 Å². The second-order valence-corrected chi connectivity index (χ2v) is 6.02. The second kappa shape index (κ2) is 9.74. The van der Waals surface area contributed by atoms with Crippen molar-refractivity contribution in [2.75, 3.05) is 27.2 Å². The van der Waals surface area contributed by atoms with Gasteiger partial charge in [0.1, 0.15) is 18.1 Å². The molecule has 2 aromatic carbocycles. The summed E-state index contributed by atoms with van der Waals surface area (Å²) in [5, 5.41) is 4.14. The first-order chi connectivity index (χ1) is 12.1. The number of oxime groups is 1. The molecule has 0 bridgehead atoms. The fraction of sp³-hybridized carbons (Fsp3) is 0.286. The summed E-state index contributed by atoms with van der Waals surface area (Å²) in [7, 11) is 3.93. The molecule has 0 aliphatic rings. The first kappa shape index (κ1) is 18.9. The lowest BCUT2D eigenvalue weighted by molar-refractivity contribution is 0.126. The number of hydrogen-bond donors (Lipinski definition) is 0. The van der Waals surface area contributed by atoms with Gasteiger partial charge in [-0.1, -0.05) is 54.6 Å². The molecule has 25 heavy (non-hydrogen) atoms. The van der Waals surface area contributed by atoms with E-state index in [0.29, 0.717) is 17.9 Å². The molecule has 2 aromatic rings. The highest BCUT2D eigenvalue weighted by molar-refractivity contribution is 6.10. The lowest BCUT2D eigenvalue weighted by Crippen LogP contribution is -2.17. The van der Waals surface area contributed by atoms with Gasteiger partial charge >= 0.3 is 0 Å². The first-order valence-electron chi connectivity index (χ1n) is 8.46. The number of halogens is 1. The topological polar surface area (TPSA) is 24.8 Å². The molecule has 0 fully saturated rings. The van der Waals surface area contributed by atoms with E-state index < -0.39 is 0 Å². The van der Waals surface area contributed by atoms with Crippen LogP contribution in [0, 0.1) is 5.82 Å². The summed E-state index contributed by atoms with van der Waals surface area (Å²) in [4.78, 5) is 7.37. The van der Waals surface area contributed by atoms with Crippen LogP contribution in [0.25, 0.3) is 6.08 Å². The molecule has 132 valence electrons. The molecule has 4 heteroatoms. The largest absolute Gasteiger partial charge is 0.394 e. The van der Waals surface area contributed by atoms with Crippen molar-refractivity contribution >= 4 is 11.8 Å². The Morgan fingerprint density at radius 3 is 2.48 bits per heavy atom. The normalized spacial score (nSPS) is 12.1. The van der Waals surface area contributed by atoms with E-state index in [2.05, 4.69) is 24.2 Å². The molecule has 0 unspecified atom stereocenters. The van der Waals surface area contributed by atoms with E-state index in [0.717, 1.165) is 18.5 Å². The van der Waals surface area contributed by atoms with Gasteiger partial charge in [-0.2, -0.15) is 0 Å². The van der Waals surface area contributed by atoms with Crippen LogP contribution in [0.5, 0.6) is 0 Å². The Balaban J connectivity index is 2.19. The number of benzene rings is 2. The Bertz CT molecular complexity index is 721. The van der Waals surface area contributed by atoms with E-state index in [1.165, 1.54) is 11.6 Å². The standard InChI is InChI=1S/C21H25FN2O/c1-4-17-9-11-18(12-10-17)13-14-21(23-25-16-15-24(2)3)19-7-5-6-8-20(19)22/h5-14H,4,15-16H2,1-3H3/b14-13+,23-21-. The molecule has 0 amide bonds. The fourth-order valence-electron chi connectivity index (χ4n) is 2.22. The molecule has 2 rings (SSSR count). The van der Waals surface area contributed by atoms with Gasteiger partial charge in [-0.3, -0.25) is 0 Å². The maximum Gasteiger partial charge on any atom is 0.132 e. The lowest BCUT2D eigenvalue weighted by Gasteiger charge is -2.08. The summed E-state index contributed by atoms with van der Waals surface area (Å²) in [6, 6.07) is 14.8. The highest BCUT2D eigenvalue weighted by Crippen LogP contribution is 2.12. The van der Waals surface area contributed by atoms with E-state index in [1.54, 1.807) is 24.3 Å². The Kier molecular flexibility index (Phi) is 7.36. The van der Waals surface area contributed by atoms with Gasteiger partial charge in [-0.05, 0) is 49.9 Å². The van der Waals surface area contributed by atoms with Crippen LogP contribution < -0.4 is 0 Å². The van der Waals surface area contributed by atoms with E-state index in [-0.39, 0.29) is 5.82 Å². The molecule has 0 aliphatic carbocycles. The van der Waals surface area contributed by atoms with E-state index in [4.69, 9.17) is 4.84 Å². The maximum absolute atomic E-state index is 14.1. The van der Waals surface area contributed by atoms with Crippen LogP contribution in [-0.4, -0.2) is 37.9 Å². The summed E-state index contributed by atoms with van der Waals surface area (Å²) in [6.07, 6.45) is 4.71. The molecule has 0 saturated carbocycles. The van der Waals surface area contributed by atoms with Crippen LogP contribution in [0.15, 0.2) is 59.8 Å². The molecule has 0 saturated heterocycles. The SMILES string of the molecule is CCc1ccc(/C=C/C(=N/OCCN(C)C)c2ccccc2F)cc1. The van der Waals surface area contributed by atoms with Gasteiger partial charge in [-0.25, -0.2) is 4.39 Å². The predicted octanol–water partition coefficient (Wildman–Crippen LogP) is 4.38. The highest BCUT2D eigenvalue weighted by atomic mass is 19.1. The Labute approximate surface area is 149 Å². The van der Waals surface area contributed by atoms with Crippen LogP contribution >= 0.6 is 0 Å². The zero-order chi connectivity index (χ0) is 18.1. The summed E-state index contributed by atoms with van der Waals surface area (Å²) >= 11 is 0. The van der Waals surface area contributed by atoms with Crippen molar-refractivity contribution < 1.29 is 9.23 Å². The average molecular weight is 340 g/mol. The molecule has 0 spiro atoms. The molecular weight excluding hydrogens is 315 g/mol. The van der Waals surface area contributed by atoms with Crippen LogP contribution in [-0.2, 0) is 11.3 Å². The monoisotopic (exact) mass is 340 g/mol. The maximum atomic E-state index is 14.1. The molecule has 0 heterocycles. The van der Waals surface area contributed by atoms with Gasteiger partial charge in [0, 0.05) is 12.1 Å². The van der Waals surface area contributed by atoms with Gasteiger partial charge in [-0.15, -0.1) is 0 Å². The van der Waals surface area contributed by atoms with Gasteiger partial charge in [0.2, 0.25) is 0 Å². The minimum Gasteiger partial charge on any atom is -0.394 e. The van der Waals surface area contributed by atoms with E-state index in [1.807, 2.05) is 37.2 Å². The highest BCUT2D eigenvalue weighted by Gasteiger charge is 2.07. The number of allylic oxidation sites excluding steroid dienone is 1. The van der Waals surface area contributed by atoms with Gasteiger partial charge in [0.25, 0.3) is 0 Å². The van der Waals surface area contributed by atoms with Gasteiger partial charge in [0.05, 0.1) is 0 Å². The zero-order valence-corrected chi connectivity index (χ0v) is 15.1. The van der Waals surface area contributed by atoms with Crippen molar-refractivity contribution in [3.8, 4) is 0 Å². The summed E-state index contributed by atoms with van der Waals surface area (Å²) in [5.41, 5.74) is 3.21. The number of hydrogen-bond acceptors (Lipinski definition) is 3. The zero-order valence-electron chi connectivity index (χ0n) is 15.1. The third kappa shape index (κ3) is 6.16. The molecule has 0 N–H and O–H groups in total. The van der Waals surface area contributed by atoms with E-state index in [9.17, 15) is 4.39 Å². The minimum atomic E-state index is -0.316. The first-order valence-corrected chi connectivity index (χ1v) is 8.46.